The van der Waals surface area contributed by atoms with Crippen molar-refractivity contribution in [2.24, 2.45) is 5.10 Å². The molecule has 4 nitrogen and oxygen atoms in total. The predicted octanol–water partition coefficient (Wildman–Crippen LogP) is 6.59. The summed E-state index contributed by atoms with van der Waals surface area (Å²) in [6.07, 6.45) is 18.0. The maximum absolute atomic E-state index is 4.91. The third-order valence-corrected chi connectivity index (χ3v) is 6.93. The summed E-state index contributed by atoms with van der Waals surface area (Å²) < 4.78 is 0. The van der Waals surface area contributed by atoms with Crippen LogP contribution in [0.4, 0.5) is 0 Å². The van der Waals surface area contributed by atoms with E-state index >= 15 is 0 Å². The smallest absolute Gasteiger partial charge is 0.0908 e. The van der Waals surface area contributed by atoms with E-state index in [1.165, 1.54) is 68.3 Å². The Kier molecular flexibility index (Phi) is 11.2. The Balaban J connectivity index is 1.25. The number of likely N-dealkylation sites (N-methyl/N-ethyl adjacent to an activating group) is 1. The molecule has 0 aliphatic carbocycles. The predicted molar refractivity (Wildman–Crippen MR) is 146 cm³/mol. The lowest BCUT2D eigenvalue weighted by molar-refractivity contribution is 0.182. The summed E-state index contributed by atoms with van der Waals surface area (Å²) in [5.74, 6) is 0. The molecule has 0 spiro atoms. The van der Waals surface area contributed by atoms with E-state index in [9.17, 15) is 0 Å². The van der Waals surface area contributed by atoms with Crippen molar-refractivity contribution < 1.29 is 0 Å². The lowest BCUT2D eigenvalue weighted by Crippen LogP contribution is -2.43. The number of hydrogen-bond donors (Lipinski definition) is 0. The minimum atomic E-state index is 0.989. The van der Waals surface area contributed by atoms with Crippen LogP contribution in [0.25, 0.3) is 0 Å². The first-order valence-corrected chi connectivity index (χ1v) is 13.3. The number of unbranched alkanes of at least 4 members (excludes halogenated alkanes) is 7. The molecule has 1 saturated heterocycles. The first kappa shape index (κ1) is 26.1. The zero-order chi connectivity index (χ0) is 24.0. The lowest BCUT2D eigenvalue weighted by atomic mass is 10.1. The summed E-state index contributed by atoms with van der Waals surface area (Å²) in [6.45, 7) is 11.6. The van der Waals surface area contributed by atoms with Crippen LogP contribution in [0.5, 0.6) is 0 Å². The zero-order valence-corrected chi connectivity index (χ0v) is 21.5. The van der Waals surface area contributed by atoms with E-state index in [0.29, 0.717) is 0 Å². The molecule has 2 aliphatic rings. The van der Waals surface area contributed by atoms with Crippen LogP contribution in [0.1, 0.15) is 70.3 Å². The van der Waals surface area contributed by atoms with Crippen LogP contribution >= 0.6 is 0 Å². The molecule has 0 saturated carbocycles. The van der Waals surface area contributed by atoms with Crippen molar-refractivity contribution in [2.45, 2.75) is 64.7 Å². The topological polar surface area (TPSA) is 22.1 Å². The van der Waals surface area contributed by atoms with Gasteiger partial charge < -0.3 is 9.80 Å². The van der Waals surface area contributed by atoms with Gasteiger partial charge in [0.15, 0.2) is 0 Å². The van der Waals surface area contributed by atoms with Gasteiger partial charge in [0.2, 0.25) is 0 Å². The van der Waals surface area contributed by atoms with Gasteiger partial charge in [-0.3, -0.25) is 5.01 Å². The third-order valence-electron chi connectivity index (χ3n) is 6.93. The fraction of sp³-hybridized carbons (Fsp3) is 0.533. The van der Waals surface area contributed by atoms with Crippen LogP contribution < -0.4 is 0 Å². The number of benzene rings is 1. The fourth-order valence-electron chi connectivity index (χ4n) is 4.71. The Morgan fingerprint density at radius 3 is 2.21 bits per heavy atom. The minimum Gasteiger partial charge on any atom is -0.366 e. The molecular weight excluding hydrogens is 416 g/mol. The van der Waals surface area contributed by atoms with Crippen molar-refractivity contribution in [3.05, 3.63) is 77.8 Å². The molecule has 1 aromatic carbocycles. The SMILES string of the molecule is C=C=C(CCCCCCCCCCN1N=C(c2ccccc2)C=C/C1=C/C)N1CCN(C)CC1. The van der Waals surface area contributed by atoms with Gasteiger partial charge in [0, 0.05) is 38.3 Å². The van der Waals surface area contributed by atoms with Gasteiger partial charge in [-0.2, -0.15) is 5.10 Å². The molecule has 1 fully saturated rings. The average molecular weight is 461 g/mol. The second-order valence-electron chi connectivity index (χ2n) is 9.51. The molecule has 0 amide bonds. The highest BCUT2D eigenvalue weighted by atomic mass is 15.5. The maximum atomic E-state index is 4.91. The highest BCUT2D eigenvalue weighted by molar-refractivity contribution is 6.09. The molecule has 34 heavy (non-hydrogen) atoms. The molecule has 2 heterocycles. The summed E-state index contributed by atoms with van der Waals surface area (Å²) in [5.41, 5.74) is 7.97. The molecule has 0 bridgehead atoms. The van der Waals surface area contributed by atoms with E-state index in [2.05, 4.69) is 89.7 Å². The molecule has 0 radical (unpaired) electrons. The Hall–Kier alpha value is -2.55. The molecular formula is C30H44N4. The molecule has 0 atom stereocenters. The Morgan fingerprint density at radius 1 is 0.912 bits per heavy atom. The number of rotatable bonds is 13. The Morgan fingerprint density at radius 2 is 1.56 bits per heavy atom. The Bertz CT molecular complexity index is 868. The van der Waals surface area contributed by atoms with Crippen LogP contribution in [0.15, 0.2) is 77.4 Å². The highest BCUT2D eigenvalue weighted by Gasteiger charge is 2.15. The Labute approximate surface area is 208 Å². The number of nitrogens with zero attached hydrogens (tertiary/aromatic N) is 4. The zero-order valence-electron chi connectivity index (χ0n) is 21.5. The number of allylic oxidation sites excluding steroid dienone is 4. The van der Waals surface area contributed by atoms with Crippen LogP contribution in [-0.4, -0.2) is 60.3 Å². The van der Waals surface area contributed by atoms with E-state index < -0.39 is 0 Å². The van der Waals surface area contributed by atoms with E-state index in [4.69, 9.17) is 5.10 Å². The van der Waals surface area contributed by atoms with Crippen LogP contribution in [-0.2, 0) is 0 Å². The summed E-state index contributed by atoms with van der Waals surface area (Å²) in [7, 11) is 2.20. The third kappa shape index (κ3) is 8.34. The number of hydrazone groups is 1. The van der Waals surface area contributed by atoms with Gasteiger partial charge in [-0.1, -0.05) is 81.5 Å². The molecule has 2 aliphatic heterocycles. The van der Waals surface area contributed by atoms with Crippen molar-refractivity contribution in [3.63, 3.8) is 0 Å². The molecule has 4 heteroatoms. The summed E-state index contributed by atoms with van der Waals surface area (Å²) in [5, 5.41) is 7.08. The van der Waals surface area contributed by atoms with Gasteiger partial charge in [0.1, 0.15) is 0 Å². The van der Waals surface area contributed by atoms with Crippen molar-refractivity contribution in [1.82, 2.24) is 14.8 Å². The average Bonchev–Trinajstić information content (AvgIpc) is 2.88. The second kappa shape index (κ2) is 14.7. The lowest BCUT2D eigenvalue weighted by Gasteiger charge is -2.34. The van der Waals surface area contributed by atoms with Crippen molar-refractivity contribution in [3.8, 4) is 0 Å². The molecule has 184 valence electrons. The van der Waals surface area contributed by atoms with E-state index in [1.54, 1.807) is 0 Å². The molecule has 0 aromatic heterocycles. The van der Waals surface area contributed by atoms with Gasteiger partial charge in [-0.05, 0) is 45.4 Å². The first-order chi connectivity index (χ1) is 16.7. The quantitative estimate of drug-likeness (QED) is 0.245. The number of hydrogen-bond acceptors (Lipinski definition) is 4. The van der Waals surface area contributed by atoms with Crippen LogP contribution in [0.3, 0.4) is 0 Å². The molecule has 3 rings (SSSR count). The van der Waals surface area contributed by atoms with Crippen LogP contribution in [0.2, 0.25) is 0 Å². The summed E-state index contributed by atoms with van der Waals surface area (Å²) >= 11 is 0. The standard InChI is InChI=1S/C30H44N4/c1-4-28(33-25-23-32(3)24-26-33)19-15-10-8-6-7-9-11-16-22-34-29(5-2)20-21-30(31-34)27-17-13-12-14-18-27/h5,12-14,17-18,20-21H,1,6-11,15-16,19,22-26H2,2-3H3/b29-5-. The normalized spacial score (nSPS) is 17.7. The maximum Gasteiger partial charge on any atom is 0.0908 e. The van der Waals surface area contributed by atoms with E-state index in [0.717, 1.165) is 44.9 Å². The molecule has 0 N–H and O–H groups in total. The van der Waals surface area contributed by atoms with Crippen molar-refractivity contribution >= 4 is 5.71 Å². The largest absolute Gasteiger partial charge is 0.366 e. The van der Waals surface area contributed by atoms with Crippen LogP contribution in [0, 0.1) is 0 Å². The number of piperazine rings is 1. The van der Waals surface area contributed by atoms with Gasteiger partial charge >= 0.3 is 0 Å². The van der Waals surface area contributed by atoms with Crippen molar-refractivity contribution in [2.75, 3.05) is 39.8 Å². The fourth-order valence-corrected chi connectivity index (χ4v) is 4.71. The van der Waals surface area contributed by atoms with Gasteiger partial charge in [0.05, 0.1) is 17.1 Å². The van der Waals surface area contributed by atoms with Gasteiger partial charge in [0.25, 0.3) is 0 Å². The van der Waals surface area contributed by atoms with Gasteiger partial charge in [-0.25, -0.2) is 0 Å². The van der Waals surface area contributed by atoms with Crippen molar-refractivity contribution in [1.29, 1.82) is 0 Å². The summed E-state index contributed by atoms with van der Waals surface area (Å²) in [6, 6.07) is 10.5. The molecule has 1 aromatic rings. The summed E-state index contributed by atoms with van der Waals surface area (Å²) in [4.78, 5) is 4.88. The second-order valence-corrected chi connectivity index (χ2v) is 9.51. The minimum absolute atomic E-state index is 0.989. The van der Waals surface area contributed by atoms with E-state index in [1.807, 2.05) is 0 Å². The van der Waals surface area contributed by atoms with Gasteiger partial charge in [-0.15, -0.1) is 5.73 Å². The highest BCUT2D eigenvalue weighted by Crippen LogP contribution is 2.19. The first-order valence-electron chi connectivity index (χ1n) is 13.3. The van der Waals surface area contributed by atoms with E-state index in [-0.39, 0.29) is 0 Å². The molecule has 0 unspecified atom stereocenters. The monoisotopic (exact) mass is 460 g/mol.